The van der Waals surface area contributed by atoms with E-state index in [4.69, 9.17) is 22.1 Å². The lowest BCUT2D eigenvalue weighted by Crippen LogP contribution is -2.33. The van der Waals surface area contributed by atoms with E-state index >= 15 is 0 Å². The molecule has 1 fully saturated rings. The Kier molecular flexibility index (Phi) is 6.57. The molecule has 2 heterocycles. The predicted octanol–water partition coefficient (Wildman–Crippen LogP) is 4.36. The van der Waals surface area contributed by atoms with E-state index in [-0.39, 0.29) is 15.0 Å². The van der Waals surface area contributed by atoms with E-state index in [0.29, 0.717) is 23.4 Å². The lowest BCUT2D eigenvalue weighted by Gasteiger charge is -2.10. The first-order valence-electron chi connectivity index (χ1n) is 9.92. The van der Waals surface area contributed by atoms with Gasteiger partial charge in [0.1, 0.15) is 16.6 Å². The SMILES string of the molecule is CCOc1ccc(-c2nn(-c3ccccc3)cc2/C=C2/SC(=S)N(CC(=O)O)C2=O)cc1F. The third-order valence-corrected chi connectivity index (χ3v) is 6.10. The molecule has 1 saturated heterocycles. The van der Waals surface area contributed by atoms with Gasteiger partial charge in [-0.15, -0.1) is 0 Å². The first kappa shape index (κ1) is 22.7. The maximum absolute atomic E-state index is 14.6. The highest BCUT2D eigenvalue weighted by molar-refractivity contribution is 8.26. The summed E-state index contributed by atoms with van der Waals surface area (Å²) in [6, 6.07) is 13.9. The molecular weight excluding hydrogens is 465 g/mol. The maximum atomic E-state index is 14.6. The summed E-state index contributed by atoms with van der Waals surface area (Å²) in [5.41, 5.74) is 2.28. The van der Waals surface area contributed by atoms with Crippen molar-refractivity contribution in [3.8, 4) is 22.7 Å². The third kappa shape index (κ3) is 4.81. The molecule has 0 saturated carbocycles. The molecule has 7 nitrogen and oxygen atoms in total. The highest BCUT2D eigenvalue weighted by Gasteiger charge is 2.33. The molecule has 0 atom stereocenters. The second-order valence-corrected chi connectivity index (χ2v) is 8.63. The van der Waals surface area contributed by atoms with Gasteiger partial charge in [-0.2, -0.15) is 5.10 Å². The predicted molar refractivity (Wildman–Crippen MR) is 128 cm³/mol. The van der Waals surface area contributed by atoms with Crippen molar-refractivity contribution in [1.29, 1.82) is 0 Å². The minimum atomic E-state index is -1.16. The number of hydrogen-bond acceptors (Lipinski definition) is 6. The maximum Gasteiger partial charge on any atom is 0.323 e. The van der Waals surface area contributed by atoms with Crippen LogP contribution in [0, 0.1) is 5.82 Å². The quantitative estimate of drug-likeness (QED) is 0.395. The molecule has 1 aliphatic rings. The van der Waals surface area contributed by atoms with Crippen molar-refractivity contribution in [2.24, 2.45) is 0 Å². The number of carbonyl (C=O) groups excluding carboxylic acids is 1. The number of thiocarbonyl (C=S) groups is 1. The Morgan fingerprint density at radius 2 is 2.03 bits per heavy atom. The Hall–Kier alpha value is -3.50. The fourth-order valence-electron chi connectivity index (χ4n) is 3.26. The molecule has 1 N–H and O–H groups in total. The zero-order valence-corrected chi connectivity index (χ0v) is 19.0. The number of carboxylic acids is 1. The number of hydrogen-bond donors (Lipinski definition) is 1. The van der Waals surface area contributed by atoms with Crippen LogP contribution in [0.4, 0.5) is 4.39 Å². The number of nitrogens with zero attached hydrogens (tertiary/aromatic N) is 3. The van der Waals surface area contributed by atoms with E-state index in [9.17, 15) is 14.0 Å². The highest BCUT2D eigenvalue weighted by Crippen LogP contribution is 2.35. The summed E-state index contributed by atoms with van der Waals surface area (Å²) in [5, 5.41) is 13.7. The molecule has 0 bridgehead atoms. The van der Waals surface area contributed by atoms with Gasteiger partial charge in [0.2, 0.25) is 0 Å². The molecule has 1 aromatic heterocycles. The summed E-state index contributed by atoms with van der Waals surface area (Å²) in [7, 11) is 0. The van der Waals surface area contributed by atoms with Crippen LogP contribution in [0.15, 0.2) is 59.6 Å². The number of para-hydroxylation sites is 1. The third-order valence-electron chi connectivity index (χ3n) is 4.72. The van der Waals surface area contributed by atoms with Gasteiger partial charge in [-0.3, -0.25) is 14.5 Å². The van der Waals surface area contributed by atoms with Gasteiger partial charge < -0.3 is 9.84 Å². The monoisotopic (exact) mass is 483 g/mol. The Balaban J connectivity index is 1.79. The van der Waals surface area contributed by atoms with Gasteiger partial charge in [-0.05, 0) is 43.3 Å². The van der Waals surface area contributed by atoms with Crippen molar-refractivity contribution in [2.75, 3.05) is 13.2 Å². The molecule has 10 heteroatoms. The Labute approximate surface area is 198 Å². The molecule has 1 amide bonds. The number of aliphatic carboxylic acids is 1. The lowest BCUT2D eigenvalue weighted by molar-refractivity contribution is -0.140. The van der Waals surface area contributed by atoms with E-state index in [1.807, 2.05) is 30.3 Å². The minimum Gasteiger partial charge on any atom is -0.491 e. The molecule has 168 valence electrons. The van der Waals surface area contributed by atoms with Crippen molar-refractivity contribution < 1.29 is 23.8 Å². The van der Waals surface area contributed by atoms with Gasteiger partial charge in [0.05, 0.1) is 17.2 Å². The summed E-state index contributed by atoms with van der Waals surface area (Å²) in [6.45, 7) is 1.60. The first-order valence-corrected chi connectivity index (χ1v) is 11.1. The van der Waals surface area contributed by atoms with Crippen LogP contribution in [0.2, 0.25) is 0 Å². The van der Waals surface area contributed by atoms with Crippen LogP contribution in [-0.2, 0) is 9.59 Å². The first-order chi connectivity index (χ1) is 15.9. The number of amides is 1. The summed E-state index contributed by atoms with van der Waals surface area (Å²) < 4.78 is 21.6. The topological polar surface area (TPSA) is 84.7 Å². The van der Waals surface area contributed by atoms with E-state index in [1.165, 1.54) is 12.1 Å². The summed E-state index contributed by atoms with van der Waals surface area (Å²) in [5.74, 6) is -2.04. The van der Waals surface area contributed by atoms with Gasteiger partial charge in [0.15, 0.2) is 11.6 Å². The van der Waals surface area contributed by atoms with Crippen molar-refractivity contribution in [1.82, 2.24) is 14.7 Å². The van der Waals surface area contributed by atoms with Crippen LogP contribution >= 0.6 is 24.0 Å². The van der Waals surface area contributed by atoms with Crippen LogP contribution in [0.3, 0.4) is 0 Å². The number of ether oxygens (including phenoxy) is 1. The molecule has 0 spiro atoms. The van der Waals surface area contributed by atoms with Crippen LogP contribution < -0.4 is 4.74 Å². The van der Waals surface area contributed by atoms with Gasteiger partial charge in [0.25, 0.3) is 5.91 Å². The van der Waals surface area contributed by atoms with Crippen molar-refractivity contribution >= 4 is 46.3 Å². The Morgan fingerprint density at radius 1 is 1.27 bits per heavy atom. The molecule has 0 radical (unpaired) electrons. The number of carboxylic acid groups (broad SMARTS) is 1. The summed E-state index contributed by atoms with van der Waals surface area (Å²) >= 11 is 6.19. The summed E-state index contributed by atoms with van der Waals surface area (Å²) in [4.78, 5) is 25.1. The van der Waals surface area contributed by atoms with E-state index in [2.05, 4.69) is 5.10 Å². The number of rotatable bonds is 7. The molecule has 1 aliphatic heterocycles. The molecule has 33 heavy (non-hydrogen) atoms. The molecule has 0 aliphatic carbocycles. The number of halogens is 1. The van der Waals surface area contributed by atoms with Crippen molar-refractivity contribution in [2.45, 2.75) is 6.92 Å². The molecule has 4 rings (SSSR count). The van der Waals surface area contributed by atoms with Crippen LogP contribution in [-0.4, -0.2) is 49.1 Å². The van der Waals surface area contributed by atoms with Gasteiger partial charge in [-0.1, -0.05) is 42.2 Å². The second-order valence-electron chi connectivity index (χ2n) is 6.95. The average molecular weight is 484 g/mol. The zero-order chi connectivity index (χ0) is 23.5. The second kappa shape index (κ2) is 9.55. The molecular formula is C23H18FN3O4S2. The molecule has 0 unspecified atom stereocenters. The number of carbonyl (C=O) groups is 2. The normalized spacial score (nSPS) is 14.8. The largest absolute Gasteiger partial charge is 0.491 e. The summed E-state index contributed by atoms with van der Waals surface area (Å²) in [6.07, 6.45) is 3.32. The van der Waals surface area contributed by atoms with Crippen LogP contribution in [0.5, 0.6) is 5.75 Å². The van der Waals surface area contributed by atoms with E-state index in [0.717, 1.165) is 22.3 Å². The Morgan fingerprint density at radius 3 is 2.70 bits per heavy atom. The zero-order valence-electron chi connectivity index (χ0n) is 17.4. The van der Waals surface area contributed by atoms with Crippen LogP contribution in [0.25, 0.3) is 23.0 Å². The standard InChI is InChI=1S/C23H18FN3O4S2/c1-2-31-18-9-8-14(10-17(18)24)21-15(12-27(25-21)16-6-4-3-5-7-16)11-19-22(30)26(13-20(28)29)23(32)33-19/h3-12H,2,13H2,1H3,(H,28,29)/b19-11+. The average Bonchev–Trinajstić information content (AvgIpc) is 3.32. The molecule has 3 aromatic rings. The van der Waals surface area contributed by atoms with Crippen molar-refractivity contribution in [3.63, 3.8) is 0 Å². The lowest BCUT2D eigenvalue weighted by atomic mass is 10.1. The fraction of sp³-hybridized carbons (Fsp3) is 0.130. The smallest absolute Gasteiger partial charge is 0.323 e. The van der Waals surface area contributed by atoms with E-state index < -0.39 is 24.2 Å². The van der Waals surface area contributed by atoms with Gasteiger partial charge in [-0.25, -0.2) is 9.07 Å². The molecule has 2 aromatic carbocycles. The van der Waals surface area contributed by atoms with Crippen LogP contribution in [0.1, 0.15) is 12.5 Å². The van der Waals surface area contributed by atoms with Crippen molar-refractivity contribution in [3.05, 3.63) is 71.0 Å². The Bertz CT molecular complexity index is 1270. The number of thioether (sulfide) groups is 1. The minimum absolute atomic E-state index is 0.139. The van der Waals surface area contributed by atoms with E-state index in [1.54, 1.807) is 29.9 Å². The van der Waals surface area contributed by atoms with Gasteiger partial charge in [0, 0.05) is 17.3 Å². The number of aromatic nitrogens is 2. The fourth-order valence-corrected chi connectivity index (χ4v) is 4.51. The van der Waals surface area contributed by atoms with Gasteiger partial charge >= 0.3 is 5.97 Å². The highest BCUT2D eigenvalue weighted by atomic mass is 32.2. The number of benzene rings is 2.